The fraction of sp³-hybridized carbons (Fsp3) is 0.273. The van der Waals surface area contributed by atoms with Gasteiger partial charge in [-0.05, 0) is 25.0 Å². The number of benzene rings is 2. The maximum Gasteiger partial charge on any atom is 0.308 e. The van der Waals surface area contributed by atoms with Crippen LogP contribution in [-0.4, -0.2) is 46.0 Å². The summed E-state index contributed by atoms with van der Waals surface area (Å²) >= 11 is 0. The summed E-state index contributed by atoms with van der Waals surface area (Å²) in [6.45, 7) is 3.13. The minimum atomic E-state index is -1.04. The van der Waals surface area contributed by atoms with Crippen molar-refractivity contribution in [2.24, 2.45) is 0 Å². The van der Waals surface area contributed by atoms with Gasteiger partial charge >= 0.3 is 5.97 Å². The van der Waals surface area contributed by atoms with Crippen LogP contribution < -0.4 is 0 Å². The summed E-state index contributed by atoms with van der Waals surface area (Å²) in [5.41, 5.74) is 0.651. The van der Waals surface area contributed by atoms with E-state index in [1.807, 2.05) is 19.1 Å². The van der Waals surface area contributed by atoms with E-state index in [9.17, 15) is 29.3 Å². The van der Waals surface area contributed by atoms with E-state index in [1.165, 1.54) is 19.1 Å². The molecule has 0 fully saturated rings. The number of aryl methyl sites for hydroxylation is 1. The van der Waals surface area contributed by atoms with Crippen LogP contribution in [0.5, 0.6) is 0 Å². The van der Waals surface area contributed by atoms with Crippen LogP contribution in [0.1, 0.15) is 56.9 Å². The number of imide groups is 1. The summed E-state index contributed by atoms with van der Waals surface area (Å²) in [6, 6.07) is 10.8. The Balaban J connectivity index is 1.61. The summed E-state index contributed by atoms with van der Waals surface area (Å²) in [7, 11) is 0. The first-order chi connectivity index (χ1) is 14.7. The highest BCUT2D eigenvalue weighted by Crippen LogP contribution is 2.30. The van der Waals surface area contributed by atoms with Crippen LogP contribution in [0.15, 0.2) is 42.5 Å². The zero-order valence-corrected chi connectivity index (χ0v) is 17.0. The van der Waals surface area contributed by atoms with Crippen molar-refractivity contribution >= 4 is 29.3 Å². The molecule has 0 bridgehead atoms. The minimum Gasteiger partial charge on any atom is -0.454 e. The number of Topliss-reactive ketones (excluding diaryl/α,β-unsaturated/α-hetero) is 1. The van der Waals surface area contributed by atoms with Crippen LogP contribution >= 0.6 is 0 Å². The number of nitro benzene ring substituents is 1. The number of nitro groups is 1. The predicted molar refractivity (Wildman–Crippen MR) is 109 cm³/mol. The molecule has 2 aromatic carbocycles. The van der Waals surface area contributed by atoms with Crippen molar-refractivity contribution in [2.75, 3.05) is 6.54 Å². The summed E-state index contributed by atoms with van der Waals surface area (Å²) in [4.78, 5) is 60.7. The Labute approximate surface area is 177 Å². The number of hydrogen-bond acceptors (Lipinski definition) is 7. The Kier molecular flexibility index (Phi) is 6.24. The fourth-order valence-electron chi connectivity index (χ4n) is 3.32. The summed E-state index contributed by atoms with van der Waals surface area (Å²) in [5, 5.41) is 11.1. The Morgan fingerprint density at radius 3 is 2.39 bits per heavy atom. The van der Waals surface area contributed by atoms with Crippen molar-refractivity contribution in [3.63, 3.8) is 0 Å². The SMILES string of the molecule is CCc1ccc(C(=O)C(C)OC(=O)CCN2C(=O)c3cccc([N+](=O)[O-])c3C2=O)cc1. The molecule has 1 aliphatic heterocycles. The van der Waals surface area contributed by atoms with E-state index >= 15 is 0 Å². The number of carbonyl (C=O) groups is 4. The molecular formula is C22H20N2O7. The predicted octanol–water partition coefficient (Wildman–Crippen LogP) is 2.96. The second-order valence-corrected chi connectivity index (χ2v) is 7.02. The molecule has 2 amide bonds. The molecule has 1 aliphatic rings. The van der Waals surface area contributed by atoms with Crippen molar-refractivity contribution in [1.82, 2.24) is 4.90 Å². The average molecular weight is 424 g/mol. The highest BCUT2D eigenvalue weighted by Gasteiger charge is 2.40. The van der Waals surface area contributed by atoms with E-state index in [0.29, 0.717) is 5.56 Å². The topological polar surface area (TPSA) is 124 Å². The number of ether oxygens (including phenoxy) is 1. The van der Waals surface area contributed by atoms with E-state index in [2.05, 4.69) is 0 Å². The first kappa shape index (κ1) is 21.8. The van der Waals surface area contributed by atoms with E-state index in [1.54, 1.807) is 12.1 Å². The number of hydrogen-bond donors (Lipinski definition) is 0. The number of carbonyl (C=O) groups excluding carboxylic acids is 4. The molecule has 3 rings (SSSR count). The second-order valence-electron chi connectivity index (χ2n) is 7.02. The lowest BCUT2D eigenvalue weighted by molar-refractivity contribution is -0.385. The molecule has 160 valence electrons. The molecule has 31 heavy (non-hydrogen) atoms. The number of amides is 2. The van der Waals surface area contributed by atoms with Crippen LogP contribution in [0.4, 0.5) is 5.69 Å². The molecule has 1 atom stereocenters. The van der Waals surface area contributed by atoms with Crippen molar-refractivity contribution in [2.45, 2.75) is 32.8 Å². The molecular weight excluding hydrogens is 404 g/mol. The lowest BCUT2D eigenvalue weighted by Gasteiger charge is -2.15. The van der Waals surface area contributed by atoms with Crippen LogP contribution in [0.2, 0.25) is 0 Å². The van der Waals surface area contributed by atoms with Crippen molar-refractivity contribution in [3.8, 4) is 0 Å². The lowest BCUT2D eigenvalue weighted by atomic mass is 10.0. The second kappa shape index (κ2) is 8.86. The molecule has 2 aromatic rings. The minimum absolute atomic E-state index is 0.0772. The Morgan fingerprint density at radius 2 is 1.77 bits per heavy atom. The monoisotopic (exact) mass is 424 g/mol. The maximum absolute atomic E-state index is 12.5. The zero-order valence-electron chi connectivity index (χ0n) is 17.0. The van der Waals surface area contributed by atoms with Gasteiger partial charge in [0.1, 0.15) is 5.56 Å². The van der Waals surface area contributed by atoms with Gasteiger partial charge in [0.25, 0.3) is 17.5 Å². The highest BCUT2D eigenvalue weighted by molar-refractivity contribution is 6.23. The number of nitrogens with zero attached hydrogens (tertiary/aromatic N) is 2. The normalized spacial score (nSPS) is 13.7. The maximum atomic E-state index is 12.5. The zero-order chi connectivity index (χ0) is 22.7. The molecule has 9 nitrogen and oxygen atoms in total. The lowest BCUT2D eigenvalue weighted by Crippen LogP contribution is -2.33. The average Bonchev–Trinajstić information content (AvgIpc) is 3.01. The van der Waals surface area contributed by atoms with Gasteiger partial charge in [0, 0.05) is 18.2 Å². The van der Waals surface area contributed by atoms with Crippen molar-refractivity contribution in [3.05, 3.63) is 74.8 Å². The molecule has 9 heteroatoms. The van der Waals surface area contributed by atoms with E-state index in [0.717, 1.165) is 23.0 Å². The van der Waals surface area contributed by atoms with Gasteiger partial charge < -0.3 is 4.74 Å². The third-order valence-corrected chi connectivity index (χ3v) is 5.04. The Bertz CT molecular complexity index is 1080. The number of ketones is 1. The van der Waals surface area contributed by atoms with Gasteiger partial charge in [-0.15, -0.1) is 0 Å². The summed E-state index contributed by atoms with van der Waals surface area (Å²) < 4.78 is 5.15. The largest absolute Gasteiger partial charge is 0.454 e. The molecule has 0 spiro atoms. The standard InChI is InChI=1S/C22H20N2O7/c1-3-14-7-9-15(10-8-14)20(26)13(2)31-18(25)11-12-23-21(27)16-5-4-6-17(24(29)30)19(16)22(23)28/h4-10,13H,3,11-12H2,1-2H3. The molecule has 1 unspecified atom stereocenters. The van der Waals surface area contributed by atoms with Crippen LogP contribution in [0, 0.1) is 10.1 Å². The van der Waals surface area contributed by atoms with Crippen molar-refractivity contribution in [1.29, 1.82) is 0 Å². The van der Waals surface area contributed by atoms with Gasteiger partial charge in [0.05, 0.1) is 16.9 Å². The van der Waals surface area contributed by atoms with Crippen molar-refractivity contribution < 1.29 is 28.8 Å². The number of fused-ring (bicyclic) bond motifs is 1. The van der Waals surface area contributed by atoms with Gasteiger partial charge in [0.2, 0.25) is 5.78 Å². The van der Waals surface area contributed by atoms with E-state index in [4.69, 9.17) is 4.74 Å². The Hall–Kier alpha value is -3.88. The molecule has 0 aromatic heterocycles. The molecule has 0 saturated carbocycles. The smallest absolute Gasteiger partial charge is 0.308 e. The summed E-state index contributed by atoms with van der Waals surface area (Å²) in [5.74, 6) is -2.68. The molecule has 0 aliphatic carbocycles. The Morgan fingerprint density at radius 1 is 1.10 bits per heavy atom. The first-order valence-corrected chi connectivity index (χ1v) is 9.70. The van der Waals surface area contributed by atoms with Gasteiger partial charge in [-0.3, -0.25) is 34.2 Å². The van der Waals surface area contributed by atoms with Gasteiger partial charge in [-0.25, -0.2) is 0 Å². The third kappa shape index (κ3) is 4.35. The molecule has 0 saturated heterocycles. The van der Waals surface area contributed by atoms with Crippen LogP contribution in [0.25, 0.3) is 0 Å². The van der Waals surface area contributed by atoms with E-state index in [-0.39, 0.29) is 29.9 Å². The number of esters is 1. The molecule has 1 heterocycles. The highest BCUT2D eigenvalue weighted by atomic mass is 16.6. The quantitative estimate of drug-likeness (QED) is 0.210. The van der Waals surface area contributed by atoms with Crippen LogP contribution in [-0.2, 0) is 16.0 Å². The molecule has 0 radical (unpaired) electrons. The van der Waals surface area contributed by atoms with Gasteiger partial charge in [-0.2, -0.15) is 0 Å². The van der Waals surface area contributed by atoms with Gasteiger partial charge in [0.15, 0.2) is 6.10 Å². The first-order valence-electron chi connectivity index (χ1n) is 9.70. The van der Waals surface area contributed by atoms with Crippen LogP contribution in [0.3, 0.4) is 0 Å². The van der Waals surface area contributed by atoms with E-state index < -0.39 is 34.5 Å². The summed E-state index contributed by atoms with van der Waals surface area (Å²) in [6.07, 6.45) is -0.547. The fourth-order valence-corrected chi connectivity index (χ4v) is 3.32. The molecule has 0 N–H and O–H groups in total. The number of rotatable bonds is 8. The third-order valence-electron chi connectivity index (χ3n) is 5.04. The van der Waals surface area contributed by atoms with Gasteiger partial charge in [-0.1, -0.05) is 37.3 Å².